The molecule has 0 saturated heterocycles. The fourth-order valence-electron chi connectivity index (χ4n) is 3.50. The molecule has 0 spiro atoms. The lowest BCUT2D eigenvalue weighted by Crippen LogP contribution is -2.62. The van der Waals surface area contributed by atoms with Gasteiger partial charge in [-0.1, -0.05) is 29.8 Å². The van der Waals surface area contributed by atoms with E-state index in [1.807, 2.05) is 18.2 Å². The molecule has 1 aliphatic rings. The third kappa shape index (κ3) is 4.35. The van der Waals surface area contributed by atoms with E-state index in [2.05, 4.69) is 15.6 Å². The van der Waals surface area contributed by atoms with Crippen LogP contribution < -0.4 is 15.4 Å². The van der Waals surface area contributed by atoms with E-state index < -0.39 is 24.0 Å². The van der Waals surface area contributed by atoms with E-state index in [9.17, 15) is 5.11 Å². The first-order chi connectivity index (χ1) is 14.4. The molecule has 9 heteroatoms. The molecule has 1 aliphatic heterocycles. The molecule has 2 aromatic carbocycles. The van der Waals surface area contributed by atoms with Crippen LogP contribution in [0.3, 0.4) is 0 Å². The summed E-state index contributed by atoms with van der Waals surface area (Å²) in [6.45, 7) is 1.70. The minimum atomic E-state index is -1.23. The number of nitrogens with zero attached hydrogens (tertiary/aromatic N) is 2. The Morgan fingerprint density at radius 2 is 1.90 bits per heavy atom. The van der Waals surface area contributed by atoms with Crippen LogP contribution >= 0.6 is 11.6 Å². The number of guanidine groups is 1. The molecule has 3 atom stereocenters. The van der Waals surface area contributed by atoms with E-state index in [1.54, 1.807) is 43.4 Å². The van der Waals surface area contributed by atoms with Crippen molar-refractivity contribution in [3.8, 4) is 11.9 Å². The van der Waals surface area contributed by atoms with Gasteiger partial charge in [-0.15, -0.1) is 4.99 Å². The maximum atomic E-state index is 11.3. The van der Waals surface area contributed by atoms with Crippen molar-refractivity contribution in [3.05, 3.63) is 59.1 Å². The summed E-state index contributed by atoms with van der Waals surface area (Å²) in [7, 11) is 2.95. The van der Waals surface area contributed by atoms with E-state index in [4.69, 9.17) is 31.1 Å². The van der Waals surface area contributed by atoms with Gasteiger partial charge in [0.1, 0.15) is 11.9 Å². The molecule has 0 saturated carbocycles. The summed E-state index contributed by atoms with van der Waals surface area (Å²) < 4.78 is 16.9. The first-order valence-corrected chi connectivity index (χ1v) is 9.58. The maximum Gasteiger partial charge on any atom is 0.212 e. The third-order valence-corrected chi connectivity index (χ3v) is 5.20. The molecule has 0 amide bonds. The monoisotopic (exact) mass is 430 g/mol. The Balaban J connectivity index is 1.96. The normalized spacial score (nSPS) is 23.3. The number of benzene rings is 2. The Labute approximate surface area is 180 Å². The van der Waals surface area contributed by atoms with Gasteiger partial charge in [0.2, 0.25) is 12.2 Å². The minimum Gasteiger partial charge on any atom is -0.479 e. The van der Waals surface area contributed by atoms with Gasteiger partial charge in [0.25, 0.3) is 0 Å². The number of aliphatic hydroxyl groups is 1. The summed E-state index contributed by atoms with van der Waals surface area (Å²) >= 11 is 5.93. The summed E-state index contributed by atoms with van der Waals surface area (Å²) in [5, 5.41) is 27.2. The summed E-state index contributed by atoms with van der Waals surface area (Å²) in [5.41, 5.74) is 0.148. The zero-order chi connectivity index (χ0) is 21.7. The van der Waals surface area contributed by atoms with Crippen LogP contribution in [0.15, 0.2) is 53.5 Å². The Kier molecular flexibility index (Phi) is 6.80. The summed E-state index contributed by atoms with van der Waals surface area (Å²) in [6, 6.07) is 13.6. The highest BCUT2D eigenvalue weighted by Gasteiger charge is 2.52. The largest absolute Gasteiger partial charge is 0.479 e. The smallest absolute Gasteiger partial charge is 0.212 e. The number of hydrogen-bond acceptors (Lipinski definition) is 6. The molecule has 30 heavy (non-hydrogen) atoms. The summed E-state index contributed by atoms with van der Waals surface area (Å²) in [5.74, 6) is 0.721. The number of fused-ring (bicyclic) bond motifs is 1. The average Bonchev–Trinajstić information content (AvgIpc) is 2.74. The van der Waals surface area contributed by atoms with Crippen LogP contribution in [-0.2, 0) is 9.47 Å². The topological polar surface area (TPSA) is 108 Å². The van der Waals surface area contributed by atoms with Crippen LogP contribution in [0, 0.1) is 11.5 Å². The second kappa shape index (κ2) is 9.32. The van der Waals surface area contributed by atoms with E-state index >= 15 is 0 Å². The first kappa shape index (κ1) is 21.9. The third-order valence-electron chi connectivity index (χ3n) is 4.94. The molecular formula is C21H23ClN4O4. The predicted molar refractivity (Wildman–Crippen MR) is 113 cm³/mol. The van der Waals surface area contributed by atoms with Gasteiger partial charge in [-0.2, -0.15) is 5.26 Å². The fraction of sp³-hybridized carbons (Fsp3) is 0.333. The highest BCUT2D eigenvalue weighted by atomic mass is 35.5. The Morgan fingerprint density at radius 1 is 1.23 bits per heavy atom. The minimum absolute atomic E-state index is 0.161. The molecule has 8 nitrogen and oxygen atoms in total. The second-order valence-corrected chi connectivity index (χ2v) is 7.32. The number of aliphatic imine (C=N–C) groups is 1. The number of nitriles is 1. The van der Waals surface area contributed by atoms with Gasteiger partial charge in [-0.3, -0.25) is 0 Å². The molecule has 0 aliphatic carbocycles. The molecule has 0 aromatic heterocycles. The molecule has 0 unspecified atom stereocenters. The molecule has 0 bridgehead atoms. The van der Waals surface area contributed by atoms with E-state index in [1.165, 1.54) is 14.2 Å². The molecule has 3 rings (SSSR count). The van der Waals surface area contributed by atoms with Crippen molar-refractivity contribution in [1.82, 2.24) is 5.32 Å². The number of rotatable bonds is 5. The zero-order valence-electron chi connectivity index (χ0n) is 16.8. The Hall–Kier alpha value is -2.83. The Bertz CT molecular complexity index is 943. The van der Waals surface area contributed by atoms with Gasteiger partial charge in [-0.05, 0) is 37.3 Å². The SMILES string of the molecule is COC(OC)[C@]1(C)Oc2ccccc2[C@@H](NC(=NC#N)Nc2ccc(Cl)cc2)[C@@H]1O. The molecule has 2 aromatic rings. The highest BCUT2D eigenvalue weighted by Crippen LogP contribution is 2.42. The number of aliphatic hydroxyl groups excluding tert-OH is 1. The zero-order valence-corrected chi connectivity index (χ0v) is 17.6. The van der Waals surface area contributed by atoms with Crippen LogP contribution in [0.5, 0.6) is 5.75 Å². The van der Waals surface area contributed by atoms with Crippen molar-refractivity contribution in [2.45, 2.75) is 31.0 Å². The lowest BCUT2D eigenvalue weighted by Gasteiger charge is -2.46. The van der Waals surface area contributed by atoms with Gasteiger partial charge < -0.3 is 30.0 Å². The van der Waals surface area contributed by atoms with Crippen molar-refractivity contribution < 1.29 is 19.3 Å². The molecular weight excluding hydrogens is 408 g/mol. The van der Waals surface area contributed by atoms with Gasteiger partial charge in [0.05, 0.1) is 6.04 Å². The maximum absolute atomic E-state index is 11.3. The molecule has 0 fully saturated rings. The molecule has 1 heterocycles. The van der Waals surface area contributed by atoms with Gasteiger partial charge in [0.15, 0.2) is 11.9 Å². The predicted octanol–water partition coefficient (Wildman–Crippen LogP) is 3.05. The first-order valence-electron chi connectivity index (χ1n) is 9.20. The summed E-state index contributed by atoms with van der Waals surface area (Å²) in [6.07, 6.45) is -0.177. The highest BCUT2D eigenvalue weighted by molar-refractivity contribution is 6.30. The van der Waals surface area contributed by atoms with Crippen molar-refractivity contribution in [2.24, 2.45) is 4.99 Å². The van der Waals surface area contributed by atoms with Gasteiger partial charge >= 0.3 is 0 Å². The number of halogens is 1. The summed E-state index contributed by atoms with van der Waals surface area (Å²) in [4.78, 5) is 3.83. The second-order valence-electron chi connectivity index (χ2n) is 6.89. The standard InChI is InChI=1S/C21H23ClN4O4/c1-21(19(28-2)29-3)18(27)17(15-6-4-5-7-16(15)30-21)26-20(24-12-23)25-14-10-8-13(22)9-11-14/h4-11,17-19,27H,1-3H3,(H2,24,25,26)/t17-,18+,21-/m1/s1. The van der Waals surface area contributed by atoms with Crippen LogP contribution in [0.25, 0.3) is 0 Å². The van der Waals surface area contributed by atoms with Crippen molar-refractivity contribution in [1.29, 1.82) is 5.26 Å². The van der Waals surface area contributed by atoms with Crippen LogP contribution in [-0.4, -0.2) is 43.3 Å². The number of ether oxygens (including phenoxy) is 3. The quantitative estimate of drug-likeness (QED) is 0.289. The van der Waals surface area contributed by atoms with Crippen LogP contribution in [0.2, 0.25) is 5.02 Å². The Morgan fingerprint density at radius 3 is 2.53 bits per heavy atom. The van der Waals surface area contributed by atoms with Crippen LogP contribution in [0.1, 0.15) is 18.5 Å². The van der Waals surface area contributed by atoms with Crippen LogP contribution in [0.4, 0.5) is 5.69 Å². The lowest BCUT2D eigenvalue weighted by molar-refractivity contribution is -0.238. The number of anilines is 1. The molecule has 0 radical (unpaired) electrons. The molecule has 3 N–H and O–H groups in total. The van der Waals surface area contributed by atoms with E-state index in [-0.39, 0.29) is 5.96 Å². The number of para-hydroxylation sites is 1. The number of hydrogen-bond donors (Lipinski definition) is 3. The molecule has 158 valence electrons. The van der Waals surface area contributed by atoms with Crippen molar-refractivity contribution in [2.75, 3.05) is 19.5 Å². The lowest BCUT2D eigenvalue weighted by atomic mass is 9.84. The fourth-order valence-corrected chi connectivity index (χ4v) is 3.63. The van der Waals surface area contributed by atoms with Crippen molar-refractivity contribution >= 4 is 23.2 Å². The van der Waals surface area contributed by atoms with E-state index in [0.29, 0.717) is 22.0 Å². The van der Waals surface area contributed by atoms with Crippen molar-refractivity contribution in [3.63, 3.8) is 0 Å². The average molecular weight is 431 g/mol. The number of methoxy groups -OCH3 is 2. The number of nitrogens with one attached hydrogen (secondary N) is 2. The van der Waals surface area contributed by atoms with Gasteiger partial charge in [-0.25, -0.2) is 0 Å². The van der Waals surface area contributed by atoms with Gasteiger partial charge in [0, 0.05) is 30.5 Å². The van der Waals surface area contributed by atoms with E-state index in [0.717, 1.165) is 0 Å².